The van der Waals surface area contributed by atoms with Crippen molar-refractivity contribution in [3.8, 4) is 5.75 Å². The van der Waals surface area contributed by atoms with E-state index in [1.165, 1.54) is 5.56 Å². The van der Waals surface area contributed by atoms with E-state index in [-0.39, 0.29) is 5.54 Å². The summed E-state index contributed by atoms with van der Waals surface area (Å²) < 4.78 is 0. The highest BCUT2D eigenvalue weighted by molar-refractivity contribution is 5.27. The molecule has 0 spiro atoms. The van der Waals surface area contributed by atoms with Crippen LogP contribution in [0.5, 0.6) is 5.75 Å². The smallest absolute Gasteiger partial charge is 0.115 e. The van der Waals surface area contributed by atoms with Crippen LogP contribution in [-0.2, 0) is 6.54 Å². The molecule has 1 aromatic carbocycles. The van der Waals surface area contributed by atoms with Gasteiger partial charge in [-0.05, 0) is 31.5 Å². The van der Waals surface area contributed by atoms with Gasteiger partial charge in [0.05, 0.1) is 0 Å². The number of phenols is 1. The minimum Gasteiger partial charge on any atom is -0.508 e. The number of piperazine rings is 1. The molecular weight excluding hydrogens is 200 g/mol. The molecule has 1 aliphatic rings. The third kappa shape index (κ3) is 2.97. The van der Waals surface area contributed by atoms with Gasteiger partial charge in [-0.15, -0.1) is 0 Å². The van der Waals surface area contributed by atoms with E-state index in [0.717, 1.165) is 26.2 Å². The second kappa shape index (κ2) is 4.44. The molecule has 3 nitrogen and oxygen atoms in total. The van der Waals surface area contributed by atoms with Crippen molar-refractivity contribution in [3.63, 3.8) is 0 Å². The predicted octanol–water partition coefficient (Wildman–Crippen LogP) is 1.58. The zero-order valence-corrected chi connectivity index (χ0v) is 10.0. The Hall–Kier alpha value is -1.06. The molecule has 0 radical (unpaired) electrons. The summed E-state index contributed by atoms with van der Waals surface area (Å²) in [5.74, 6) is 0.354. The molecule has 0 amide bonds. The van der Waals surface area contributed by atoms with E-state index in [1.54, 1.807) is 6.07 Å². The van der Waals surface area contributed by atoms with Gasteiger partial charge in [0.15, 0.2) is 0 Å². The number of hydrogen-bond acceptors (Lipinski definition) is 3. The third-order valence-electron chi connectivity index (χ3n) is 2.97. The lowest BCUT2D eigenvalue weighted by Crippen LogP contribution is -2.56. The van der Waals surface area contributed by atoms with E-state index in [4.69, 9.17) is 0 Å². The number of aromatic hydroxyl groups is 1. The molecule has 2 rings (SSSR count). The number of phenolic OH excluding ortho intramolecular Hbond substituents is 1. The first kappa shape index (κ1) is 11.4. The van der Waals surface area contributed by atoms with Gasteiger partial charge in [0.2, 0.25) is 0 Å². The minimum atomic E-state index is 0.190. The van der Waals surface area contributed by atoms with Crippen molar-refractivity contribution in [2.45, 2.75) is 25.9 Å². The standard InChI is InChI=1S/C13H20N2O/c1-13(2)10-15(7-6-14-13)9-11-4-3-5-12(16)8-11/h3-5,8,14,16H,6-7,9-10H2,1-2H3. The highest BCUT2D eigenvalue weighted by Crippen LogP contribution is 2.16. The number of benzene rings is 1. The second-order valence-electron chi connectivity index (χ2n) is 5.19. The maximum atomic E-state index is 9.41. The van der Waals surface area contributed by atoms with E-state index >= 15 is 0 Å². The zero-order valence-electron chi connectivity index (χ0n) is 10.0. The first-order chi connectivity index (χ1) is 7.55. The van der Waals surface area contributed by atoms with Gasteiger partial charge >= 0.3 is 0 Å². The van der Waals surface area contributed by atoms with Crippen LogP contribution in [0.25, 0.3) is 0 Å². The maximum Gasteiger partial charge on any atom is 0.115 e. The van der Waals surface area contributed by atoms with Crippen molar-refractivity contribution in [3.05, 3.63) is 29.8 Å². The fourth-order valence-electron chi connectivity index (χ4n) is 2.29. The van der Waals surface area contributed by atoms with Crippen molar-refractivity contribution in [2.75, 3.05) is 19.6 Å². The SMILES string of the molecule is CC1(C)CN(Cc2cccc(O)c2)CCN1. The van der Waals surface area contributed by atoms with E-state index in [2.05, 4.69) is 30.1 Å². The molecule has 1 aromatic rings. The summed E-state index contributed by atoms with van der Waals surface area (Å²) in [5.41, 5.74) is 1.37. The molecule has 1 saturated heterocycles. The van der Waals surface area contributed by atoms with Gasteiger partial charge in [-0.25, -0.2) is 0 Å². The van der Waals surface area contributed by atoms with Crippen molar-refractivity contribution in [1.82, 2.24) is 10.2 Å². The van der Waals surface area contributed by atoms with Gasteiger partial charge in [-0.1, -0.05) is 12.1 Å². The molecule has 1 heterocycles. The van der Waals surface area contributed by atoms with Crippen molar-refractivity contribution in [2.24, 2.45) is 0 Å². The summed E-state index contributed by atoms with van der Waals surface area (Å²) in [7, 11) is 0. The predicted molar refractivity (Wildman–Crippen MR) is 65.5 cm³/mol. The van der Waals surface area contributed by atoms with Gasteiger partial charge in [-0.3, -0.25) is 4.90 Å². The van der Waals surface area contributed by atoms with E-state index in [0.29, 0.717) is 5.75 Å². The zero-order chi connectivity index (χ0) is 11.6. The Kier molecular flexibility index (Phi) is 3.17. The summed E-state index contributed by atoms with van der Waals surface area (Å²) in [6.07, 6.45) is 0. The first-order valence-electron chi connectivity index (χ1n) is 5.80. The van der Waals surface area contributed by atoms with Crippen LogP contribution in [0.3, 0.4) is 0 Å². The molecule has 1 aliphatic heterocycles. The minimum absolute atomic E-state index is 0.190. The van der Waals surface area contributed by atoms with E-state index < -0.39 is 0 Å². The van der Waals surface area contributed by atoms with Crippen LogP contribution in [0.4, 0.5) is 0 Å². The Bertz CT molecular complexity index is 363. The van der Waals surface area contributed by atoms with Crippen molar-refractivity contribution in [1.29, 1.82) is 0 Å². The summed E-state index contributed by atoms with van der Waals surface area (Å²) >= 11 is 0. The molecule has 0 unspecified atom stereocenters. The van der Waals surface area contributed by atoms with Crippen LogP contribution in [0.1, 0.15) is 19.4 Å². The molecule has 3 heteroatoms. The van der Waals surface area contributed by atoms with E-state index in [9.17, 15) is 5.11 Å². The van der Waals surface area contributed by atoms with Gasteiger partial charge in [0.1, 0.15) is 5.75 Å². The van der Waals surface area contributed by atoms with Gasteiger partial charge in [-0.2, -0.15) is 0 Å². The quantitative estimate of drug-likeness (QED) is 0.794. The lowest BCUT2D eigenvalue weighted by Gasteiger charge is -2.39. The molecule has 0 aromatic heterocycles. The lowest BCUT2D eigenvalue weighted by atomic mass is 10.0. The Balaban J connectivity index is 1.99. The highest BCUT2D eigenvalue weighted by atomic mass is 16.3. The number of nitrogens with one attached hydrogen (secondary N) is 1. The second-order valence-corrected chi connectivity index (χ2v) is 5.19. The molecule has 16 heavy (non-hydrogen) atoms. The molecule has 88 valence electrons. The van der Waals surface area contributed by atoms with Gasteiger partial charge in [0, 0.05) is 31.7 Å². The van der Waals surface area contributed by atoms with Crippen LogP contribution in [0.15, 0.2) is 24.3 Å². The van der Waals surface area contributed by atoms with Crippen LogP contribution >= 0.6 is 0 Å². The average Bonchev–Trinajstić information content (AvgIpc) is 2.15. The molecule has 0 bridgehead atoms. The summed E-state index contributed by atoms with van der Waals surface area (Å²) in [6.45, 7) is 8.51. The first-order valence-corrected chi connectivity index (χ1v) is 5.80. The summed E-state index contributed by atoms with van der Waals surface area (Å²) in [6, 6.07) is 7.52. The summed E-state index contributed by atoms with van der Waals surface area (Å²) in [5, 5.41) is 12.9. The number of nitrogens with zero attached hydrogens (tertiary/aromatic N) is 1. The fourth-order valence-corrected chi connectivity index (χ4v) is 2.29. The van der Waals surface area contributed by atoms with Crippen LogP contribution in [0.2, 0.25) is 0 Å². The Labute approximate surface area is 97.1 Å². The molecular formula is C13H20N2O. The topological polar surface area (TPSA) is 35.5 Å². The molecule has 0 aliphatic carbocycles. The summed E-state index contributed by atoms with van der Waals surface area (Å²) in [4.78, 5) is 2.42. The molecule has 1 fully saturated rings. The Morgan fingerprint density at radius 2 is 2.25 bits per heavy atom. The van der Waals surface area contributed by atoms with Crippen molar-refractivity contribution < 1.29 is 5.11 Å². The molecule has 0 saturated carbocycles. The normalized spacial score (nSPS) is 20.9. The highest BCUT2D eigenvalue weighted by Gasteiger charge is 2.25. The monoisotopic (exact) mass is 220 g/mol. The fraction of sp³-hybridized carbons (Fsp3) is 0.538. The number of hydrogen-bond donors (Lipinski definition) is 2. The largest absolute Gasteiger partial charge is 0.508 e. The van der Waals surface area contributed by atoms with Gasteiger partial charge < -0.3 is 10.4 Å². The van der Waals surface area contributed by atoms with Crippen LogP contribution in [-0.4, -0.2) is 35.2 Å². The maximum absolute atomic E-state index is 9.41. The van der Waals surface area contributed by atoms with Gasteiger partial charge in [0.25, 0.3) is 0 Å². The van der Waals surface area contributed by atoms with Crippen molar-refractivity contribution >= 4 is 0 Å². The van der Waals surface area contributed by atoms with Crippen LogP contribution < -0.4 is 5.32 Å². The molecule has 0 atom stereocenters. The Morgan fingerprint density at radius 3 is 2.94 bits per heavy atom. The lowest BCUT2D eigenvalue weighted by molar-refractivity contribution is 0.148. The average molecular weight is 220 g/mol. The molecule has 2 N–H and O–H groups in total. The number of rotatable bonds is 2. The Morgan fingerprint density at radius 1 is 1.44 bits per heavy atom. The van der Waals surface area contributed by atoms with E-state index in [1.807, 2.05) is 12.1 Å². The third-order valence-corrected chi connectivity index (χ3v) is 2.97. The van der Waals surface area contributed by atoms with Crippen LogP contribution in [0, 0.1) is 0 Å².